The number of aromatic nitrogens is 4. The van der Waals surface area contributed by atoms with Gasteiger partial charge in [0.1, 0.15) is 0 Å². The Morgan fingerprint density at radius 1 is 1.14 bits per heavy atom. The number of nitrogens with one attached hydrogen (secondary N) is 2. The van der Waals surface area contributed by atoms with Gasteiger partial charge in [-0.2, -0.15) is 0 Å². The first-order chi connectivity index (χ1) is 16.8. The maximum Gasteiger partial charge on any atom is 0.262 e. The molecule has 2 heterocycles. The van der Waals surface area contributed by atoms with Crippen LogP contribution >= 0.6 is 23.4 Å². The normalized spacial score (nSPS) is 11.3. The highest BCUT2D eigenvalue weighted by Gasteiger charge is 2.19. The molecule has 0 saturated carbocycles. The molecule has 2 amide bonds. The summed E-state index contributed by atoms with van der Waals surface area (Å²) in [6, 6.07) is 11.8. The van der Waals surface area contributed by atoms with E-state index in [0.717, 1.165) is 6.42 Å². The van der Waals surface area contributed by atoms with Gasteiger partial charge in [-0.05, 0) is 56.7 Å². The highest BCUT2D eigenvalue weighted by Crippen LogP contribution is 2.23. The molecular weight excluding hydrogens is 488 g/mol. The summed E-state index contributed by atoms with van der Waals surface area (Å²) in [6.45, 7) is 6.19. The fraction of sp³-hybridized carbons (Fsp3) is 0.292. The number of fused-ring (bicyclic) bond motifs is 3. The molecule has 4 aromatic rings. The Morgan fingerprint density at radius 3 is 2.66 bits per heavy atom. The zero-order valence-corrected chi connectivity index (χ0v) is 21.1. The number of thioether (sulfide) groups is 1. The van der Waals surface area contributed by atoms with Crippen molar-refractivity contribution in [2.75, 3.05) is 11.1 Å². The molecule has 0 unspecified atom stereocenters. The van der Waals surface area contributed by atoms with Crippen molar-refractivity contribution in [2.45, 2.75) is 44.9 Å². The molecule has 0 spiro atoms. The number of anilines is 1. The van der Waals surface area contributed by atoms with Crippen LogP contribution in [0.25, 0.3) is 16.7 Å². The lowest BCUT2D eigenvalue weighted by molar-refractivity contribution is -0.113. The van der Waals surface area contributed by atoms with Crippen molar-refractivity contribution in [1.29, 1.82) is 0 Å². The highest BCUT2D eigenvalue weighted by molar-refractivity contribution is 7.99. The van der Waals surface area contributed by atoms with E-state index in [4.69, 9.17) is 11.6 Å². The molecule has 0 saturated heterocycles. The van der Waals surface area contributed by atoms with E-state index in [1.54, 1.807) is 51.4 Å². The molecule has 0 bridgehead atoms. The first kappa shape index (κ1) is 24.7. The minimum absolute atomic E-state index is 0.0326. The van der Waals surface area contributed by atoms with Crippen molar-refractivity contribution in [3.63, 3.8) is 0 Å². The molecule has 2 aromatic heterocycles. The van der Waals surface area contributed by atoms with Crippen LogP contribution in [0.5, 0.6) is 0 Å². The summed E-state index contributed by atoms with van der Waals surface area (Å²) in [5.41, 5.74) is 1.32. The summed E-state index contributed by atoms with van der Waals surface area (Å²) < 4.78 is 3.30. The third-order valence-corrected chi connectivity index (χ3v) is 6.31. The van der Waals surface area contributed by atoms with Crippen LogP contribution in [0.15, 0.2) is 52.4 Å². The zero-order chi connectivity index (χ0) is 25.1. The van der Waals surface area contributed by atoms with Crippen molar-refractivity contribution < 1.29 is 9.59 Å². The third-order valence-electron chi connectivity index (χ3n) is 5.14. The fourth-order valence-corrected chi connectivity index (χ4v) is 4.61. The first-order valence-corrected chi connectivity index (χ1v) is 12.6. The van der Waals surface area contributed by atoms with Crippen LogP contribution in [-0.2, 0) is 11.3 Å². The van der Waals surface area contributed by atoms with Gasteiger partial charge in [0.05, 0.1) is 16.7 Å². The van der Waals surface area contributed by atoms with Gasteiger partial charge in [-0.25, -0.2) is 0 Å². The van der Waals surface area contributed by atoms with E-state index >= 15 is 0 Å². The predicted octanol–water partition coefficient (Wildman–Crippen LogP) is 3.98. The molecular formula is C24H25ClN6O3S. The van der Waals surface area contributed by atoms with E-state index in [1.165, 1.54) is 11.8 Å². The van der Waals surface area contributed by atoms with Crippen LogP contribution in [0.2, 0.25) is 5.02 Å². The van der Waals surface area contributed by atoms with Crippen molar-refractivity contribution in [2.24, 2.45) is 0 Å². The number of hydrogen-bond acceptors (Lipinski definition) is 6. The maximum atomic E-state index is 13.2. The lowest BCUT2D eigenvalue weighted by Gasteiger charge is -2.13. The fourth-order valence-electron chi connectivity index (χ4n) is 3.68. The molecule has 0 fully saturated rings. The Morgan fingerprint density at radius 2 is 1.94 bits per heavy atom. The Kier molecular flexibility index (Phi) is 7.42. The largest absolute Gasteiger partial charge is 0.350 e. The summed E-state index contributed by atoms with van der Waals surface area (Å²) in [7, 11) is 0. The van der Waals surface area contributed by atoms with Gasteiger partial charge < -0.3 is 10.6 Å². The number of nitrogens with zero attached hydrogens (tertiary/aromatic N) is 4. The molecule has 0 aliphatic heterocycles. The molecule has 182 valence electrons. The number of benzene rings is 2. The van der Waals surface area contributed by atoms with Gasteiger partial charge in [-0.1, -0.05) is 36.4 Å². The lowest BCUT2D eigenvalue weighted by atomic mass is 10.1. The first-order valence-electron chi connectivity index (χ1n) is 11.2. The van der Waals surface area contributed by atoms with E-state index in [0.29, 0.717) is 44.7 Å². The van der Waals surface area contributed by atoms with E-state index < -0.39 is 0 Å². The van der Waals surface area contributed by atoms with Crippen molar-refractivity contribution in [3.8, 4) is 0 Å². The van der Waals surface area contributed by atoms with Gasteiger partial charge in [0.25, 0.3) is 11.5 Å². The number of aryl methyl sites for hydroxylation is 1. The summed E-state index contributed by atoms with van der Waals surface area (Å²) in [5, 5.41) is 15.6. The molecule has 4 rings (SSSR count). The summed E-state index contributed by atoms with van der Waals surface area (Å²) >= 11 is 7.18. The SMILES string of the molecule is CCCn1c(=O)c2ccc(C(=O)NC(C)C)cc2n2c(SCC(=O)Nc3cccc(Cl)c3)nnc12. The van der Waals surface area contributed by atoms with Gasteiger partial charge in [-0.3, -0.25) is 23.4 Å². The standard InChI is InChI=1S/C24H25ClN6O3S/c1-4-10-30-22(34)18-9-8-15(21(33)26-14(2)3)11-19(18)31-23(30)28-29-24(31)35-13-20(32)27-17-7-5-6-16(25)12-17/h5-9,11-12,14H,4,10,13H2,1-3H3,(H,26,33)(H,27,32). The Labute approximate surface area is 210 Å². The number of halogens is 1. The number of amides is 2. The molecule has 0 radical (unpaired) electrons. The predicted molar refractivity (Wildman–Crippen MR) is 138 cm³/mol. The Hall–Kier alpha value is -3.37. The Balaban J connectivity index is 1.73. The molecule has 2 aromatic carbocycles. The van der Waals surface area contributed by atoms with E-state index in [9.17, 15) is 14.4 Å². The number of hydrogen-bond donors (Lipinski definition) is 2. The van der Waals surface area contributed by atoms with Crippen LogP contribution in [0.3, 0.4) is 0 Å². The van der Waals surface area contributed by atoms with Crippen LogP contribution in [0.1, 0.15) is 37.6 Å². The lowest BCUT2D eigenvalue weighted by Crippen LogP contribution is -2.30. The molecule has 35 heavy (non-hydrogen) atoms. The molecule has 9 nitrogen and oxygen atoms in total. The van der Waals surface area contributed by atoms with Crippen molar-refractivity contribution in [1.82, 2.24) is 24.5 Å². The second kappa shape index (κ2) is 10.5. The van der Waals surface area contributed by atoms with Gasteiger partial charge in [-0.15, -0.1) is 10.2 Å². The molecule has 0 atom stereocenters. The molecule has 11 heteroatoms. The Bertz CT molecular complexity index is 1480. The van der Waals surface area contributed by atoms with Gasteiger partial charge in [0.15, 0.2) is 5.16 Å². The minimum Gasteiger partial charge on any atom is -0.350 e. The van der Waals surface area contributed by atoms with E-state index in [-0.39, 0.29) is 29.2 Å². The van der Waals surface area contributed by atoms with E-state index in [2.05, 4.69) is 20.8 Å². The third kappa shape index (κ3) is 5.33. The number of rotatable bonds is 8. The summed E-state index contributed by atoms with van der Waals surface area (Å²) in [6.07, 6.45) is 0.729. The average molecular weight is 513 g/mol. The van der Waals surface area contributed by atoms with Crippen molar-refractivity contribution in [3.05, 3.63) is 63.4 Å². The summed E-state index contributed by atoms with van der Waals surface area (Å²) in [4.78, 5) is 38.4. The van der Waals surface area contributed by atoms with Crippen LogP contribution in [-0.4, -0.2) is 42.8 Å². The number of carbonyl (C=O) groups excluding carboxylic acids is 2. The molecule has 0 aliphatic rings. The second-order valence-corrected chi connectivity index (χ2v) is 9.66. The van der Waals surface area contributed by atoms with Crippen LogP contribution in [0.4, 0.5) is 5.69 Å². The van der Waals surface area contributed by atoms with Gasteiger partial charge in [0, 0.05) is 28.9 Å². The van der Waals surface area contributed by atoms with Crippen LogP contribution in [0, 0.1) is 0 Å². The topological polar surface area (TPSA) is 110 Å². The maximum absolute atomic E-state index is 13.2. The van der Waals surface area contributed by atoms with E-state index in [1.807, 2.05) is 20.8 Å². The van der Waals surface area contributed by atoms with Gasteiger partial charge in [0.2, 0.25) is 11.7 Å². The summed E-state index contributed by atoms with van der Waals surface area (Å²) in [5.74, 6) is -0.0495. The number of carbonyl (C=O) groups is 2. The minimum atomic E-state index is -0.240. The monoisotopic (exact) mass is 512 g/mol. The van der Waals surface area contributed by atoms with Crippen molar-refractivity contribution >= 4 is 57.5 Å². The average Bonchev–Trinajstić information content (AvgIpc) is 3.23. The quantitative estimate of drug-likeness (QED) is 0.345. The van der Waals surface area contributed by atoms with Crippen LogP contribution < -0.4 is 16.2 Å². The second-order valence-electron chi connectivity index (χ2n) is 8.28. The zero-order valence-electron chi connectivity index (χ0n) is 19.5. The van der Waals surface area contributed by atoms with Gasteiger partial charge >= 0.3 is 0 Å². The highest BCUT2D eigenvalue weighted by atomic mass is 35.5. The smallest absolute Gasteiger partial charge is 0.262 e. The molecule has 2 N–H and O–H groups in total. The molecule has 0 aliphatic carbocycles.